The lowest BCUT2D eigenvalue weighted by atomic mass is 10.0. The highest BCUT2D eigenvalue weighted by Gasteiger charge is 2.36. The monoisotopic (exact) mass is 304 g/mol. The van der Waals surface area contributed by atoms with Crippen LogP contribution >= 0.6 is 0 Å². The first-order valence-electron chi connectivity index (χ1n) is 9.46. The third kappa shape index (κ3) is 10.8. The molecule has 1 fully saturated rings. The number of hydrogen-bond donors (Lipinski definition) is 0. The molecule has 0 aliphatic carbocycles. The fraction of sp³-hybridized carbons (Fsp3) is 0.714. The van der Waals surface area contributed by atoms with Crippen molar-refractivity contribution in [1.82, 2.24) is 0 Å². The quantitative estimate of drug-likeness (QED) is 0.141. The molecule has 2 atom stereocenters. The highest BCUT2D eigenvalue weighted by molar-refractivity contribution is 5.02. The van der Waals surface area contributed by atoms with E-state index in [0.717, 1.165) is 12.8 Å². The molecule has 0 bridgehead atoms. The van der Waals surface area contributed by atoms with Crippen molar-refractivity contribution in [2.24, 2.45) is 0 Å². The summed E-state index contributed by atoms with van der Waals surface area (Å²) in [6.45, 7) is 5.94. The zero-order chi connectivity index (χ0) is 15.9. The van der Waals surface area contributed by atoms with E-state index in [-0.39, 0.29) is 0 Å². The van der Waals surface area contributed by atoms with E-state index < -0.39 is 0 Å². The van der Waals surface area contributed by atoms with Gasteiger partial charge in [-0.1, -0.05) is 102 Å². The van der Waals surface area contributed by atoms with Crippen LogP contribution in [-0.2, 0) is 4.74 Å². The lowest BCUT2D eigenvalue weighted by molar-refractivity contribution is 0.358. The van der Waals surface area contributed by atoms with Crippen LogP contribution < -0.4 is 0 Å². The van der Waals surface area contributed by atoms with Gasteiger partial charge in [0.1, 0.15) is 0 Å². The molecular formula is C21H36O. The number of unbranched alkanes of at least 4 members (excludes halogenated alkanes) is 8. The molecule has 22 heavy (non-hydrogen) atoms. The molecule has 0 aromatic carbocycles. The maximum Gasteiger partial charge on any atom is 0.0876 e. The highest BCUT2D eigenvalue weighted by atomic mass is 16.6. The molecule has 0 aromatic heterocycles. The Morgan fingerprint density at radius 3 is 2.18 bits per heavy atom. The van der Waals surface area contributed by atoms with Gasteiger partial charge < -0.3 is 4.74 Å². The molecule has 1 heteroatoms. The van der Waals surface area contributed by atoms with Crippen molar-refractivity contribution in [3.63, 3.8) is 0 Å². The average Bonchev–Trinajstić information content (AvgIpc) is 3.27. The number of hydrogen-bond acceptors (Lipinski definition) is 1. The van der Waals surface area contributed by atoms with Gasteiger partial charge in [-0.2, -0.15) is 0 Å². The molecule has 1 nitrogen and oxygen atoms in total. The van der Waals surface area contributed by atoms with E-state index in [1.165, 1.54) is 64.2 Å². The topological polar surface area (TPSA) is 12.5 Å². The van der Waals surface area contributed by atoms with Crippen LogP contribution in [0.15, 0.2) is 37.0 Å². The van der Waals surface area contributed by atoms with Crippen LogP contribution in [-0.4, -0.2) is 12.2 Å². The summed E-state index contributed by atoms with van der Waals surface area (Å²) in [4.78, 5) is 0. The first kappa shape index (κ1) is 19.2. The summed E-state index contributed by atoms with van der Waals surface area (Å²) >= 11 is 0. The summed E-state index contributed by atoms with van der Waals surface area (Å²) in [6, 6.07) is 0. The third-order valence-electron chi connectivity index (χ3n) is 4.36. The molecule has 1 aliphatic rings. The first-order chi connectivity index (χ1) is 10.9. The molecule has 1 saturated heterocycles. The Morgan fingerprint density at radius 2 is 1.50 bits per heavy atom. The normalized spacial score (nSPS) is 21.0. The molecule has 0 radical (unpaired) electrons. The lowest BCUT2D eigenvalue weighted by Gasteiger charge is -2.01. The molecular weight excluding hydrogens is 268 g/mol. The minimum Gasteiger partial charge on any atom is -0.369 e. The smallest absolute Gasteiger partial charge is 0.0876 e. The summed E-state index contributed by atoms with van der Waals surface area (Å²) in [5.74, 6) is 0. The summed E-state index contributed by atoms with van der Waals surface area (Å²) < 4.78 is 5.73. The van der Waals surface area contributed by atoms with Crippen molar-refractivity contribution in [3.8, 4) is 0 Å². The SMILES string of the molecule is C=C/C=C\C/C=C\C[C@H]1O[C@@H]1CCCCCCCCCCC. The Bertz CT molecular complexity index is 316. The van der Waals surface area contributed by atoms with Gasteiger partial charge in [-0.05, 0) is 19.3 Å². The maximum atomic E-state index is 5.73. The highest BCUT2D eigenvalue weighted by Crippen LogP contribution is 2.30. The van der Waals surface area contributed by atoms with E-state index in [0.29, 0.717) is 12.2 Å². The van der Waals surface area contributed by atoms with Gasteiger partial charge in [-0.25, -0.2) is 0 Å². The lowest BCUT2D eigenvalue weighted by Crippen LogP contribution is -1.93. The second-order valence-corrected chi connectivity index (χ2v) is 6.44. The number of allylic oxidation sites excluding steroid dienone is 4. The van der Waals surface area contributed by atoms with Gasteiger partial charge in [0.25, 0.3) is 0 Å². The van der Waals surface area contributed by atoms with E-state index >= 15 is 0 Å². The van der Waals surface area contributed by atoms with Crippen LogP contribution in [0.5, 0.6) is 0 Å². The zero-order valence-corrected chi connectivity index (χ0v) is 14.6. The van der Waals surface area contributed by atoms with E-state index in [1.54, 1.807) is 0 Å². The van der Waals surface area contributed by atoms with E-state index in [4.69, 9.17) is 4.74 Å². The van der Waals surface area contributed by atoms with Crippen LogP contribution in [0, 0.1) is 0 Å². The zero-order valence-electron chi connectivity index (χ0n) is 14.6. The predicted molar refractivity (Wildman–Crippen MR) is 98.2 cm³/mol. The van der Waals surface area contributed by atoms with Gasteiger partial charge in [-0.3, -0.25) is 0 Å². The fourth-order valence-corrected chi connectivity index (χ4v) is 2.88. The van der Waals surface area contributed by atoms with Gasteiger partial charge in [0, 0.05) is 0 Å². The van der Waals surface area contributed by atoms with Gasteiger partial charge in [-0.15, -0.1) is 0 Å². The second kappa shape index (κ2) is 13.8. The number of epoxide rings is 1. The van der Waals surface area contributed by atoms with Crippen LogP contribution in [0.4, 0.5) is 0 Å². The minimum absolute atomic E-state index is 0.508. The van der Waals surface area contributed by atoms with Crippen LogP contribution in [0.2, 0.25) is 0 Å². The molecule has 1 aliphatic heterocycles. The molecule has 1 rings (SSSR count). The van der Waals surface area contributed by atoms with Gasteiger partial charge in [0.05, 0.1) is 12.2 Å². The van der Waals surface area contributed by atoms with Crippen LogP contribution in [0.25, 0.3) is 0 Å². The Kier molecular flexibility index (Phi) is 12.1. The molecule has 126 valence electrons. The van der Waals surface area contributed by atoms with Crippen molar-refractivity contribution >= 4 is 0 Å². The summed E-state index contributed by atoms with van der Waals surface area (Å²) in [7, 11) is 0. The van der Waals surface area contributed by atoms with Gasteiger partial charge in [0.15, 0.2) is 0 Å². The molecule has 0 amide bonds. The van der Waals surface area contributed by atoms with Crippen molar-refractivity contribution in [3.05, 3.63) is 37.0 Å². The summed E-state index contributed by atoms with van der Waals surface area (Å²) in [6.07, 6.45) is 27.5. The molecule has 0 spiro atoms. The minimum atomic E-state index is 0.508. The van der Waals surface area contributed by atoms with Crippen molar-refractivity contribution in [2.75, 3.05) is 0 Å². The summed E-state index contributed by atoms with van der Waals surface area (Å²) in [5.41, 5.74) is 0. The van der Waals surface area contributed by atoms with Gasteiger partial charge >= 0.3 is 0 Å². The predicted octanol–water partition coefficient (Wildman–Crippen LogP) is 6.75. The van der Waals surface area contributed by atoms with Gasteiger partial charge in [0.2, 0.25) is 0 Å². The third-order valence-corrected chi connectivity index (χ3v) is 4.36. The Balaban J connectivity index is 1.82. The Morgan fingerprint density at radius 1 is 0.818 bits per heavy atom. The van der Waals surface area contributed by atoms with Crippen molar-refractivity contribution in [2.45, 2.75) is 96.2 Å². The number of ether oxygens (including phenoxy) is 1. The molecule has 1 heterocycles. The molecule has 0 N–H and O–H groups in total. The van der Waals surface area contributed by atoms with E-state index in [2.05, 4.69) is 31.7 Å². The molecule has 0 aromatic rings. The van der Waals surface area contributed by atoms with Crippen LogP contribution in [0.1, 0.15) is 84.0 Å². The fourth-order valence-electron chi connectivity index (χ4n) is 2.88. The van der Waals surface area contributed by atoms with Crippen LogP contribution in [0.3, 0.4) is 0 Å². The van der Waals surface area contributed by atoms with E-state index in [9.17, 15) is 0 Å². The van der Waals surface area contributed by atoms with E-state index in [1.807, 2.05) is 12.2 Å². The average molecular weight is 305 g/mol. The Labute approximate surface area is 138 Å². The largest absolute Gasteiger partial charge is 0.369 e. The van der Waals surface area contributed by atoms with Crippen molar-refractivity contribution < 1.29 is 4.74 Å². The first-order valence-corrected chi connectivity index (χ1v) is 9.46. The summed E-state index contributed by atoms with van der Waals surface area (Å²) in [5, 5.41) is 0. The van der Waals surface area contributed by atoms with Crippen molar-refractivity contribution in [1.29, 1.82) is 0 Å². The Hall–Kier alpha value is -0.820. The number of rotatable bonds is 15. The second-order valence-electron chi connectivity index (χ2n) is 6.44. The molecule has 0 saturated carbocycles. The molecule has 0 unspecified atom stereocenters. The maximum absolute atomic E-state index is 5.73. The standard InChI is InChI=1S/C21H36O/c1-3-5-7-9-11-12-13-15-17-19-21-20(22-21)18-16-14-10-8-6-4-2/h4,6,8,14,16,20-21H,2-3,5,7,9-13,15,17-19H2,1H3/b8-6-,16-14-/t20-,21-/m1/s1.